The van der Waals surface area contributed by atoms with Crippen molar-refractivity contribution in [2.75, 3.05) is 20.3 Å². The topological polar surface area (TPSA) is 81.7 Å². The zero-order valence-corrected chi connectivity index (χ0v) is 17.1. The van der Waals surface area contributed by atoms with Gasteiger partial charge in [0.1, 0.15) is 5.75 Å². The molecule has 28 heavy (non-hydrogen) atoms. The molecular weight excluding hydrogens is 358 g/mol. The van der Waals surface area contributed by atoms with E-state index < -0.39 is 0 Å². The van der Waals surface area contributed by atoms with Crippen LogP contribution in [0.2, 0.25) is 0 Å². The SMILES string of the molecule is CCCCCOc1ccc(C(=O)CCC(=O)NCCCCCC(=O)OC)cc1. The Labute approximate surface area is 168 Å². The van der Waals surface area contributed by atoms with Crippen LogP contribution in [0.15, 0.2) is 24.3 Å². The summed E-state index contributed by atoms with van der Waals surface area (Å²) in [7, 11) is 1.38. The fourth-order valence-electron chi connectivity index (χ4n) is 2.64. The summed E-state index contributed by atoms with van der Waals surface area (Å²) in [5.41, 5.74) is 0.594. The maximum Gasteiger partial charge on any atom is 0.305 e. The normalized spacial score (nSPS) is 10.4. The molecule has 0 aliphatic carbocycles. The highest BCUT2D eigenvalue weighted by Crippen LogP contribution is 2.14. The minimum Gasteiger partial charge on any atom is -0.494 e. The summed E-state index contributed by atoms with van der Waals surface area (Å²) in [4.78, 5) is 35.0. The molecule has 1 aromatic rings. The third-order valence-corrected chi connectivity index (χ3v) is 4.38. The average molecular weight is 392 g/mol. The number of amides is 1. The van der Waals surface area contributed by atoms with Crippen molar-refractivity contribution in [3.63, 3.8) is 0 Å². The number of carbonyl (C=O) groups is 3. The second-order valence-electron chi connectivity index (χ2n) is 6.74. The van der Waals surface area contributed by atoms with Gasteiger partial charge in [0.15, 0.2) is 5.78 Å². The van der Waals surface area contributed by atoms with Gasteiger partial charge in [0.05, 0.1) is 13.7 Å². The zero-order chi connectivity index (χ0) is 20.6. The minimum absolute atomic E-state index is 0.0502. The van der Waals surface area contributed by atoms with Crippen molar-refractivity contribution in [3.8, 4) is 5.75 Å². The van der Waals surface area contributed by atoms with Crippen LogP contribution in [-0.2, 0) is 14.3 Å². The van der Waals surface area contributed by atoms with Crippen LogP contribution in [-0.4, -0.2) is 37.9 Å². The number of methoxy groups -OCH3 is 1. The third kappa shape index (κ3) is 10.7. The number of rotatable bonds is 15. The van der Waals surface area contributed by atoms with Crippen LogP contribution in [0.5, 0.6) is 5.75 Å². The number of esters is 1. The monoisotopic (exact) mass is 391 g/mol. The molecule has 0 aliphatic heterocycles. The van der Waals surface area contributed by atoms with Crippen LogP contribution in [0.25, 0.3) is 0 Å². The Balaban J connectivity index is 2.17. The van der Waals surface area contributed by atoms with E-state index in [2.05, 4.69) is 17.0 Å². The number of hydrogen-bond donors (Lipinski definition) is 1. The van der Waals surface area contributed by atoms with Gasteiger partial charge in [0, 0.05) is 31.4 Å². The number of unbranched alkanes of at least 4 members (excludes halogenated alkanes) is 4. The lowest BCUT2D eigenvalue weighted by Gasteiger charge is -2.07. The van der Waals surface area contributed by atoms with E-state index in [1.165, 1.54) is 7.11 Å². The highest BCUT2D eigenvalue weighted by molar-refractivity contribution is 5.98. The van der Waals surface area contributed by atoms with Gasteiger partial charge in [-0.15, -0.1) is 0 Å². The summed E-state index contributed by atoms with van der Waals surface area (Å²) < 4.78 is 10.2. The quantitative estimate of drug-likeness (QED) is 0.277. The molecular formula is C22H33NO5. The molecule has 156 valence electrons. The first-order valence-electron chi connectivity index (χ1n) is 10.2. The van der Waals surface area contributed by atoms with E-state index in [9.17, 15) is 14.4 Å². The summed E-state index contributed by atoms with van der Waals surface area (Å²) in [6.07, 6.45) is 6.49. The molecule has 0 aliphatic rings. The van der Waals surface area contributed by atoms with E-state index in [4.69, 9.17) is 4.74 Å². The van der Waals surface area contributed by atoms with Crippen LogP contribution in [0.3, 0.4) is 0 Å². The second-order valence-corrected chi connectivity index (χ2v) is 6.74. The summed E-state index contributed by atoms with van der Waals surface area (Å²) in [6.45, 7) is 3.39. The molecule has 0 spiro atoms. The number of Topliss-reactive ketones (excluding diaryl/α,β-unsaturated/α-hetero) is 1. The van der Waals surface area contributed by atoms with Crippen LogP contribution in [0, 0.1) is 0 Å². The molecule has 0 heterocycles. The molecule has 1 rings (SSSR count). The van der Waals surface area contributed by atoms with E-state index in [-0.39, 0.29) is 30.5 Å². The Bertz CT molecular complexity index is 597. The molecule has 0 unspecified atom stereocenters. The Kier molecular flexibility index (Phi) is 12.4. The van der Waals surface area contributed by atoms with E-state index in [0.29, 0.717) is 25.1 Å². The van der Waals surface area contributed by atoms with Crippen LogP contribution in [0.4, 0.5) is 0 Å². The lowest BCUT2D eigenvalue weighted by atomic mass is 10.1. The molecule has 0 saturated carbocycles. The highest BCUT2D eigenvalue weighted by atomic mass is 16.5. The standard InChI is InChI=1S/C22H33NO5/c1-3-4-8-17-28-19-12-10-18(11-13-19)20(24)14-15-21(25)23-16-7-5-6-9-22(26)27-2/h10-13H,3-9,14-17H2,1-2H3,(H,23,25). The first-order chi connectivity index (χ1) is 13.6. The van der Waals surface area contributed by atoms with Crippen LogP contribution >= 0.6 is 0 Å². The average Bonchev–Trinajstić information content (AvgIpc) is 2.72. The van der Waals surface area contributed by atoms with Gasteiger partial charge in [-0.2, -0.15) is 0 Å². The van der Waals surface area contributed by atoms with Gasteiger partial charge in [0.2, 0.25) is 5.91 Å². The first kappa shape index (κ1) is 23.7. The smallest absolute Gasteiger partial charge is 0.305 e. The van der Waals surface area contributed by atoms with Crippen molar-refractivity contribution in [2.45, 2.75) is 64.7 Å². The van der Waals surface area contributed by atoms with Gasteiger partial charge < -0.3 is 14.8 Å². The Morgan fingerprint density at radius 1 is 0.893 bits per heavy atom. The van der Waals surface area contributed by atoms with Crippen molar-refractivity contribution in [3.05, 3.63) is 29.8 Å². The predicted molar refractivity (Wildman–Crippen MR) is 109 cm³/mol. The van der Waals surface area contributed by atoms with Crippen LogP contribution < -0.4 is 10.1 Å². The lowest BCUT2D eigenvalue weighted by molar-refractivity contribution is -0.140. The van der Waals surface area contributed by atoms with Gasteiger partial charge in [-0.05, 0) is 43.5 Å². The predicted octanol–water partition coefficient (Wildman–Crippen LogP) is 4.07. The van der Waals surface area contributed by atoms with Gasteiger partial charge in [0.25, 0.3) is 0 Å². The fourth-order valence-corrected chi connectivity index (χ4v) is 2.64. The van der Waals surface area contributed by atoms with Crippen molar-refractivity contribution in [1.82, 2.24) is 5.32 Å². The van der Waals surface area contributed by atoms with Gasteiger partial charge in [-0.3, -0.25) is 14.4 Å². The fraction of sp³-hybridized carbons (Fsp3) is 0.591. The lowest BCUT2D eigenvalue weighted by Crippen LogP contribution is -2.24. The van der Waals surface area contributed by atoms with Crippen LogP contribution in [0.1, 0.15) is 75.1 Å². The summed E-state index contributed by atoms with van der Waals surface area (Å²) in [5, 5.41) is 2.81. The summed E-state index contributed by atoms with van der Waals surface area (Å²) >= 11 is 0. The van der Waals surface area contributed by atoms with Crippen molar-refractivity contribution >= 4 is 17.7 Å². The van der Waals surface area contributed by atoms with E-state index in [1.807, 2.05) is 0 Å². The molecule has 0 fully saturated rings. The van der Waals surface area contributed by atoms with E-state index >= 15 is 0 Å². The molecule has 1 amide bonds. The number of benzene rings is 1. The van der Waals surface area contributed by atoms with Gasteiger partial charge >= 0.3 is 5.97 Å². The van der Waals surface area contributed by atoms with Crippen molar-refractivity contribution < 1.29 is 23.9 Å². The number of ether oxygens (including phenoxy) is 2. The Hall–Kier alpha value is -2.37. The van der Waals surface area contributed by atoms with E-state index in [0.717, 1.165) is 44.3 Å². The molecule has 1 aromatic carbocycles. The minimum atomic E-state index is -0.210. The second kappa shape index (κ2) is 14.7. The van der Waals surface area contributed by atoms with E-state index in [1.54, 1.807) is 24.3 Å². The molecule has 6 heteroatoms. The molecule has 0 radical (unpaired) electrons. The molecule has 0 saturated heterocycles. The maximum absolute atomic E-state index is 12.2. The maximum atomic E-state index is 12.2. The Morgan fingerprint density at radius 3 is 2.32 bits per heavy atom. The molecule has 0 aromatic heterocycles. The largest absolute Gasteiger partial charge is 0.494 e. The number of hydrogen-bond acceptors (Lipinski definition) is 5. The molecule has 0 atom stereocenters. The van der Waals surface area contributed by atoms with Crippen molar-refractivity contribution in [2.24, 2.45) is 0 Å². The van der Waals surface area contributed by atoms with Gasteiger partial charge in [-0.25, -0.2) is 0 Å². The molecule has 0 bridgehead atoms. The van der Waals surface area contributed by atoms with Crippen molar-refractivity contribution in [1.29, 1.82) is 0 Å². The summed E-state index contributed by atoms with van der Waals surface area (Å²) in [5.74, 6) is 0.374. The number of carbonyl (C=O) groups excluding carboxylic acids is 3. The van der Waals surface area contributed by atoms with Gasteiger partial charge in [-0.1, -0.05) is 26.2 Å². The Morgan fingerprint density at radius 2 is 1.64 bits per heavy atom. The third-order valence-electron chi connectivity index (χ3n) is 4.38. The highest BCUT2D eigenvalue weighted by Gasteiger charge is 2.09. The molecule has 6 nitrogen and oxygen atoms in total. The number of ketones is 1. The summed E-state index contributed by atoms with van der Waals surface area (Å²) in [6, 6.07) is 7.09. The number of nitrogens with one attached hydrogen (secondary N) is 1. The first-order valence-corrected chi connectivity index (χ1v) is 10.2. The zero-order valence-electron chi connectivity index (χ0n) is 17.1. The molecule has 1 N–H and O–H groups in total.